The lowest BCUT2D eigenvalue weighted by molar-refractivity contribution is -0.142. The van der Waals surface area contributed by atoms with E-state index in [1.807, 2.05) is 13.2 Å². The van der Waals surface area contributed by atoms with Crippen LogP contribution in [0.25, 0.3) is 0 Å². The van der Waals surface area contributed by atoms with Crippen LogP contribution in [0, 0.1) is 0 Å². The van der Waals surface area contributed by atoms with Crippen LogP contribution in [0.3, 0.4) is 0 Å². The van der Waals surface area contributed by atoms with E-state index in [0.29, 0.717) is 18.6 Å². The van der Waals surface area contributed by atoms with E-state index in [4.69, 9.17) is 10.8 Å². The van der Waals surface area contributed by atoms with Gasteiger partial charge in [-0.3, -0.25) is 4.79 Å². The van der Waals surface area contributed by atoms with Crippen molar-refractivity contribution in [2.45, 2.75) is 44.7 Å². The molecule has 0 radical (unpaired) electrons. The number of carboxylic acids is 1. The van der Waals surface area contributed by atoms with Gasteiger partial charge in [-0.25, -0.2) is 4.79 Å². The fourth-order valence-electron chi connectivity index (χ4n) is 1.33. The lowest BCUT2D eigenvalue weighted by atomic mass is 10.1. The Labute approximate surface area is 107 Å². The lowest BCUT2D eigenvalue weighted by Crippen LogP contribution is -2.48. The molecule has 0 aromatic carbocycles. The third-order valence-electron chi connectivity index (χ3n) is 2.43. The zero-order valence-corrected chi connectivity index (χ0v) is 11.3. The van der Waals surface area contributed by atoms with Crippen molar-refractivity contribution in [3.8, 4) is 0 Å². The molecule has 0 aliphatic rings. The minimum absolute atomic E-state index is 0.369. The highest BCUT2D eigenvalue weighted by Gasteiger charge is 2.22. The van der Waals surface area contributed by atoms with E-state index in [1.54, 1.807) is 11.8 Å². The van der Waals surface area contributed by atoms with Crippen LogP contribution in [0.2, 0.25) is 0 Å². The van der Waals surface area contributed by atoms with Gasteiger partial charge in [0.25, 0.3) is 0 Å². The Hall–Kier alpha value is -0.750. The Kier molecular flexibility index (Phi) is 8.89. The van der Waals surface area contributed by atoms with E-state index in [2.05, 4.69) is 5.32 Å². The molecule has 0 aromatic rings. The number of hydrogen-bond acceptors (Lipinski definition) is 4. The summed E-state index contributed by atoms with van der Waals surface area (Å²) in [6.07, 6.45) is 4.75. The highest BCUT2D eigenvalue weighted by Crippen LogP contribution is 2.03. The van der Waals surface area contributed by atoms with Crippen LogP contribution in [0.4, 0.5) is 0 Å². The summed E-state index contributed by atoms with van der Waals surface area (Å²) in [7, 11) is 0. The Balaban J connectivity index is 4.15. The van der Waals surface area contributed by atoms with Gasteiger partial charge in [0.1, 0.15) is 6.04 Å². The van der Waals surface area contributed by atoms with Gasteiger partial charge in [0, 0.05) is 0 Å². The Bertz CT molecular complexity index is 249. The summed E-state index contributed by atoms with van der Waals surface area (Å²) in [4.78, 5) is 22.5. The molecular weight excluding hydrogens is 240 g/mol. The van der Waals surface area contributed by atoms with Crippen LogP contribution < -0.4 is 11.1 Å². The first kappa shape index (κ1) is 16.2. The number of nitrogens with two attached hydrogens (primary N) is 1. The summed E-state index contributed by atoms with van der Waals surface area (Å²) in [5.74, 6) is -0.677. The number of carboxylic acid groups (broad SMARTS) is 1. The highest BCUT2D eigenvalue weighted by molar-refractivity contribution is 7.98. The zero-order valence-electron chi connectivity index (χ0n) is 10.4. The Morgan fingerprint density at radius 2 is 2.06 bits per heavy atom. The minimum Gasteiger partial charge on any atom is -0.480 e. The summed E-state index contributed by atoms with van der Waals surface area (Å²) in [6.45, 7) is 2.02. The van der Waals surface area contributed by atoms with E-state index < -0.39 is 18.1 Å². The number of rotatable bonds is 9. The van der Waals surface area contributed by atoms with E-state index in [-0.39, 0.29) is 5.91 Å². The van der Waals surface area contributed by atoms with Crippen molar-refractivity contribution in [3.05, 3.63) is 0 Å². The number of nitrogens with one attached hydrogen (secondary N) is 1. The molecule has 4 N–H and O–H groups in total. The van der Waals surface area contributed by atoms with Gasteiger partial charge in [0.05, 0.1) is 6.04 Å². The molecule has 0 spiro atoms. The third kappa shape index (κ3) is 7.23. The SMILES string of the molecule is CCCC[C@H](N)C(=O)N[C@H](CCSC)C(=O)O. The smallest absolute Gasteiger partial charge is 0.326 e. The number of thioether (sulfide) groups is 1. The first-order valence-corrected chi connectivity index (χ1v) is 7.20. The average molecular weight is 262 g/mol. The van der Waals surface area contributed by atoms with Crippen LogP contribution in [-0.4, -0.2) is 41.1 Å². The molecule has 0 fully saturated rings. The largest absolute Gasteiger partial charge is 0.480 e. The van der Waals surface area contributed by atoms with Crippen molar-refractivity contribution in [2.24, 2.45) is 5.73 Å². The molecule has 0 saturated heterocycles. The maximum Gasteiger partial charge on any atom is 0.326 e. The predicted molar refractivity (Wildman–Crippen MR) is 70.1 cm³/mol. The van der Waals surface area contributed by atoms with Crippen LogP contribution >= 0.6 is 11.8 Å². The molecule has 0 aliphatic carbocycles. The molecule has 17 heavy (non-hydrogen) atoms. The summed E-state index contributed by atoms with van der Waals surface area (Å²) in [5, 5.41) is 11.4. The zero-order chi connectivity index (χ0) is 13.3. The molecule has 0 rings (SSSR count). The van der Waals surface area contributed by atoms with Gasteiger partial charge in [-0.05, 0) is 24.9 Å². The fraction of sp³-hybridized carbons (Fsp3) is 0.818. The van der Waals surface area contributed by atoms with Crippen LogP contribution in [0.1, 0.15) is 32.6 Å². The molecule has 0 bridgehead atoms. The van der Waals surface area contributed by atoms with Crippen molar-refractivity contribution in [2.75, 3.05) is 12.0 Å². The van der Waals surface area contributed by atoms with Gasteiger partial charge in [-0.2, -0.15) is 11.8 Å². The van der Waals surface area contributed by atoms with E-state index in [1.165, 1.54) is 0 Å². The molecule has 100 valence electrons. The number of aliphatic carboxylic acids is 1. The summed E-state index contributed by atoms with van der Waals surface area (Å²) < 4.78 is 0. The van der Waals surface area contributed by atoms with Gasteiger partial charge in [0.2, 0.25) is 5.91 Å². The molecule has 6 heteroatoms. The van der Waals surface area contributed by atoms with Crippen LogP contribution in [-0.2, 0) is 9.59 Å². The quantitative estimate of drug-likeness (QED) is 0.572. The minimum atomic E-state index is -1.00. The van der Waals surface area contributed by atoms with E-state index in [9.17, 15) is 9.59 Å². The van der Waals surface area contributed by atoms with E-state index >= 15 is 0 Å². The van der Waals surface area contributed by atoms with E-state index in [0.717, 1.165) is 12.8 Å². The van der Waals surface area contributed by atoms with Gasteiger partial charge in [0.15, 0.2) is 0 Å². The maximum atomic E-state index is 11.6. The van der Waals surface area contributed by atoms with Gasteiger partial charge in [-0.15, -0.1) is 0 Å². The molecular formula is C11H22N2O3S. The summed E-state index contributed by atoms with van der Waals surface area (Å²) in [5.41, 5.74) is 5.67. The standard InChI is InChI=1S/C11H22N2O3S/c1-3-4-5-8(12)10(14)13-9(11(15)16)6-7-17-2/h8-9H,3-7,12H2,1-2H3,(H,13,14)(H,15,16)/t8-,9+/m0/s1. The lowest BCUT2D eigenvalue weighted by Gasteiger charge is -2.17. The Morgan fingerprint density at radius 3 is 2.53 bits per heavy atom. The normalized spacial score (nSPS) is 14.1. The molecule has 1 amide bonds. The number of unbranched alkanes of at least 4 members (excludes halogenated alkanes) is 1. The van der Waals surface area contributed by atoms with Crippen molar-refractivity contribution in [3.63, 3.8) is 0 Å². The first-order chi connectivity index (χ1) is 8.02. The first-order valence-electron chi connectivity index (χ1n) is 5.80. The van der Waals surface area contributed by atoms with Gasteiger partial charge < -0.3 is 16.2 Å². The number of hydrogen-bond donors (Lipinski definition) is 3. The number of carbonyl (C=O) groups excluding carboxylic acids is 1. The second kappa shape index (κ2) is 9.30. The molecule has 0 heterocycles. The fourth-order valence-corrected chi connectivity index (χ4v) is 1.80. The maximum absolute atomic E-state index is 11.6. The predicted octanol–water partition coefficient (Wildman–Crippen LogP) is 0.826. The highest BCUT2D eigenvalue weighted by atomic mass is 32.2. The van der Waals surface area contributed by atoms with Crippen molar-refractivity contribution >= 4 is 23.6 Å². The molecule has 0 aromatic heterocycles. The molecule has 0 saturated carbocycles. The van der Waals surface area contributed by atoms with Crippen molar-refractivity contribution in [1.82, 2.24) is 5.32 Å². The Morgan fingerprint density at radius 1 is 1.41 bits per heavy atom. The summed E-state index contributed by atoms with van der Waals surface area (Å²) >= 11 is 1.55. The molecule has 0 unspecified atom stereocenters. The second-order valence-electron chi connectivity index (χ2n) is 3.93. The van der Waals surface area contributed by atoms with Crippen molar-refractivity contribution < 1.29 is 14.7 Å². The number of amides is 1. The third-order valence-corrected chi connectivity index (χ3v) is 3.07. The topological polar surface area (TPSA) is 92.4 Å². The number of carbonyl (C=O) groups is 2. The van der Waals surface area contributed by atoms with Crippen molar-refractivity contribution in [1.29, 1.82) is 0 Å². The van der Waals surface area contributed by atoms with Gasteiger partial charge >= 0.3 is 5.97 Å². The monoisotopic (exact) mass is 262 g/mol. The van der Waals surface area contributed by atoms with Gasteiger partial charge in [-0.1, -0.05) is 19.8 Å². The second-order valence-corrected chi connectivity index (χ2v) is 4.92. The van der Waals surface area contributed by atoms with Crippen LogP contribution in [0.5, 0.6) is 0 Å². The molecule has 5 nitrogen and oxygen atoms in total. The molecule has 2 atom stereocenters. The average Bonchev–Trinajstić information content (AvgIpc) is 2.30. The van der Waals surface area contributed by atoms with Crippen LogP contribution in [0.15, 0.2) is 0 Å². The summed E-state index contributed by atoms with van der Waals surface area (Å²) in [6, 6.07) is -1.44. The molecule has 0 aliphatic heterocycles.